The summed E-state index contributed by atoms with van der Waals surface area (Å²) < 4.78 is 13.4. The van der Waals surface area contributed by atoms with Gasteiger partial charge in [0.2, 0.25) is 5.91 Å². The molecule has 4 nitrogen and oxygen atoms in total. The molecule has 0 spiro atoms. The van der Waals surface area contributed by atoms with Gasteiger partial charge >= 0.3 is 0 Å². The molecule has 1 fully saturated rings. The number of fused-ring (bicyclic) bond motifs is 1. The smallest absolute Gasteiger partial charge is 0.222 e. The van der Waals surface area contributed by atoms with Crippen LogP contribution in [0.3, 0.4) is 0 Å². The maximum atomic E-state index is 13.4. The zero-order valence-corrected chi connectivity index (χ0v) is 11.9. The second-order valence-electron chi connectivity index (χ2n) is 5.36. The third-order valence-corrected chi connectivity index (χ3v) is 4.09. The van der Waals surface area contributed by atoms with Crippen molar-refractivity contribution in [2.75, 3.05) is 6.54 Å². The second-order valence-corrected chi connectivity index (χ2v) is 5.36. The number of hydrogen-bond acceptors (Lipinski definition) is 2. The number of hydrogen-bond donors (Lipinski definition) is 1. The molecule has 0 aliphatic carbocycles. The molecular weight excluding hydrogens is 271 g/mol. The van der Waals surface area contributed by atoms with Crippen LogP contribution >= 0.6 is 0 Å². The van der Waals surface area contributed by atoms with Gasteiger partial charge in [-0.25, -0.2) is 4.39 Å². The van der Waals surface area contributed by atoms with Gasteiger partial charge in [0.25, 0.3) is 0 Å². The molecule has 1 N–H and O–H groups in total. The highest BCUT2D eigenvalue weighted by Gasteiger charge is 2.34. The molecule has 1 amide bonds. The highest BCUT2D eigenvalue weighted by atomic mass is 19.1. The van der Waals surface area contributed by atoms with Crippen LogP contribution < -0.4 is 0 Å². The Morgan fingerprint density at radius 3 is 3.00 bits per heavy atom. The van der Waals surface area contributed by atoms with Crippen molar-refractivity contribution in [2.24, 2.45) is 0 Å². The molecule has 3 rings (SSSR count). The lowest BCUT2D eigenvalue weighted by Gasteiger charge is -2.23. The van der Waals surface area contributed by atoms with E-state index in [-0.39, 0.29) is 17.5 Å². The SMILES string of the molecule is CCC(=O)N1CCC[C@@H]1C(=O)c1c[nH]c2ccc(F)cc12. The van der Waals surface area contributed by atoms with Crippen molar-refractivity contribution in [3.63, 3.8) is 0 Å². The van der Waals surface area contributed by atoms with Gasteiger partial charge in [-0.3, -0.25) is 9.59 Å². The maximum absolute atomic E-state index is 13.4. The van der Waals surface area contributed by atoms with Crippen LogP contribution in [0.25, 0.3) is 10.9 Å². The number of H-pyrrole nitrogens is 1. The Morgan fingerprint density at radius 1 is 1.43 bits per heavy atom. The van der Waals surface area contributed by atoms with Gasteiger partial charge in [-0.2, -0.15) is 0 Å². The lowest BCUT2D eigenvalue weighted by Crippen LogP contribution is -2.40. The highest BCUT2D eigenvalue weighted by molar-refractivity contribution is 6.11. The summed E-state index contributed by atoms with van der Waals surface area (Å²) in [4.78, 5) is 29.3. The lowest BCUT2D eigenvalue weighted by molar-refractivity contribution is -0.131. The molecular formula is C16H17FN2O2. The number of carbonyl (C=O) groups is 2. The van der Waals surface area contributed by atoms with Crippen LogP contribution in [0.5, 0.6) is 0 Å². The number of halogens is 1. The molecule has 1 aromatic carbocycles. The number of nitrogens with one attached hydrogen (secondary N) is 1. The van der Waals surface area contributed by atoms with E-state index in [9.17, 15) is 14.0 Å². The number of nitrogens with zero attached hydrogens (tertiary/aromatic N) is 1. The number of amides is 1. The number of benzene rings is 1. The van der Waals surface area contributed by atoms with E-state index in [0.29, 0.717) is 30.3 Å². The summed E-state index contributed by atoms with van der Waals surface area (Å²) in [7, 11) is 0. The first-order chi connectivity index (χ1) is 10.1. The molecule has 1 aromatic heterocycles. The van der Waals surface area contributed by atoms with Crippen LogP contribution in [0.15, 0.2) is 24.4 Å². The van der Waals surface area contributed by atoms with E-state index in [0.717, 1.165) is 11.9 Å². The fourth-order valence-corrected chi connectivity index (χ4v) is 3.02. The minimum absolute atomic E-state index is 0.00290. The molecule has 1 saturated heterocycles. The molecule has 1 aliphatic heterocycles. The van der Waals surface area contributed by atoms with E-state index in [1.807, 2.05) is 0 Å². The predicted octanol–water partition coefficient (Wildman–Crippen LogP) is 2.89. The maximum Gasteiger partial charge on any atom is 0.222 e. The van der Waals surface area contributed by atoms with Gasteiger partial charge in [-0.05, 0) is 31.0 Å². The number of carbonyl (C=O) groups excluding carboxylic acids is 2. The number of likely N-dealkylation sites (tertiary alicyclic amines) is 1. The molecule has 0 bridgehead atoms. The van der Waals surface area contributed by atoms with E-state index in [1.165, 1.54) is 12.1 Å². The Kier molecular flexibility index (Phi) is 3.49. The van der Waals surface area contributed by atoms with Crippen molar-refractivity contribution in [1.82, 2.24) is 9.88 Å². The average molecular weight is 288 g/mol. The van der Waals surface area contributed by atoms with Crippen LogP contribution in [0.1, 0.15) is 36.5 Å². The number of rotatable bonds is 3. The van der Waals surface area contributed by atoms with E-state index in [4.69, 9.17) is 0 Å². The molecule has 110 valence electrons. The monoisotopic (exact) mass is 288 g/mol. The van der Waals surface area contributed by atoms with Crippen molar-refractivity contribution in [2.45, 2.75) is 32.2 Å². The Labute approximate surface area is 121 Å². The Balaban J connectivity index is 1.96. The first-order valence-electron chi connectivity index (χ1n) is 7.22. The first kappa shape index (κ1) is 13.8. The second kappa shape index (κ2) is 5.31. The molecule has 2 aromatic rings. The van der Waals surface area contributed by atoms with Crippen LogP contribution in [-0.4, -0.2) is 34.2 Å². The minimum atomic E-state index is -0.417. The third-order valence-electron chi connectivity index (χ3n) is 4.09. The fourth-order valence-electron chi connectivity index (χ4n) is 3.02. The lowest BCUT2D eigenvalue weighted by atomic mass is 10.0. The standard InChI is InChI=1S/C16H17FN2O2/c1-2-15(20)19-7-3-4-14(19)16(21)12-9-18-13-6-5-10(17)8-11(12)13/h5-6,8-9,14,18H,2-4,7H2,1H3/t14-/m1/s1. The zero-order chi connectivity index (χ0) is 15.0. The molecule has 0 saturated carbocycles. The number of ketones is 1. The van der Waals surface area contributed by atoms with Gasteiger partial charge in [0.05, 0.1) is 6.04 Å². The van der Waals surface area contributed by atoms with E-state index in [1.54, 1.807) is 24.1 Å². The van der Waals surface area contributed by atoms with E-state index in [2.05, 4.69) is 4.98 Å². The Hall–Kier alpha value is -2.17. The summed E-state index contributed by atoms with van der Waals surface area (Å²) in [6, 6.07) is 3.92. The van der Waals surface area contributed by atoms with E-state index < -0.39 is 6.04 Å². The van der Waals surface area contributed by atoms with Crippen molar-refractivity contribution < 1.29 is 14.0 Å². The van der Waals surface area contributed by atoms with Gasteiger partial charge in [-0.15, -0.1) is 0 Å². The summed E-state index contributed by atoms with van der Waals surface area (Å²) in [5.41, 5.74) is 1.19. The Morgan fingerprint density at radius 2 is 2.24 bits per heavy atom. The number of aromatic amines is 1. The first-order valence-corrected chi connectivity index (χ1v) is 7.22. The van der Waals surface area contributed by atoms with Crippen LogP contribution in [0.4, 0.5) is 4.39 Å². The van der Waals surface area contributed by atoms with Crippen molar-refractivity contribution in [1.29, 1.82) is 0 Å². The molecule has 0 unspecified atom stereocenters. The summed E-state index contributed by atoms with van der Waals surface area (Å²) in [6.07, 6.45) is 3.51. The topological polar surface area (TPSA) is 53.2 Å². The molecule has 1 atom stereocenters. The summed E-state index contributed by atoms with van der Waals surface area (Å²) in [5.74, 6) is -0.480. The summed E-state index contributed by atoms with van der Waals surface area (Å²) in [5, 5.41) is 0.579. The average Bonchev–Trinajstić information content (AvgIpc) is 3.12. The summed E-state index contributed by atoms with van der Waals surface area (Å²) >= 11 is 0. The van der Waals surface area contributed by atoms with Crippen LogP contribution in [0.2, 0.25) is 0 Å². The van der Waals surface area contributed by atoms with Crippen molar-refractivity contribution >= 4 is 22.6 Å². The van der Waals surface area contributed by atoms with Crippen molar-refractivity contribution in [3.05, 3.63) is 35.8 Å². The van der Waals surface area contributed by atoms with Gasteiger partial charge in [0, 0.05) is 35.6 Å². The van der Waals surface area contributed by atoms with Crippen LogP contribution in [0, 0.1) is 5.82 Å². The molecule has 5 heteroatoms. The van der Waals surface area contributed by atoms with Gasteiger partial charge in [0.15, 0.2) is 5.78 Å². The fraction of sp³-hybridized carbons (Fsp3) is 0.375. The highest BCUT2D eigenvalue weighted by Crippen LogP contribution is 2.26. The zero-order valence-electron chi connectivity index (χ0n) is 11.9. The Bertz CT molecular complexity index is 707. The number of Topliss-reactive ketones (excluding diaryl/α,β-unsaturated/α-hetero) is 1. The number of aromatic nitrogens is 1. The van der Waals surface area contributed by atoms with Gasteiger partial charge in [-0.1, -0.05) is 6.92 Å². The largest absolute Gasteiger partial charge is 0.360 e. The van der Waals surface area contributed by atoms with E-state index >= 15 is 0 Å². The van der Waals surface area contributed by atoms with Crippen molar-refractivity contribution in [3.8, 4) is 0 Å². The molecule has 1 aliphatic rings. The molecule has 0 radical (unpaired) electrons. The van der Waals surface area contributed by atoms with Gasteiger partial charge < -0.3 is 9.88 Å². The predicted molar refractivity (Wildman–Crippen MR) is 77.6 cm³/mol. The molecule has 2 heterocycles. The van der Waals surface area contributed by atoms with Gasteiger partial charge in [0.1, 0.15) is 5.82 Å². The molecule has 21 heavy (non-hydrogen) atoms. The third kappa shape index (κ3) is 2.33. The minimum Gasteiger partial charge on any atom is -0.360 e. The van der Waals surface area contributed by atoms with Crippen LogP contribution in [-0.2, 0) is 4.79 Å². The summed E-state index contributed by atoms with van der Waals surface area (Å²) in [6.45, 7) is 2.42. The quantitative estimate of drug-likeness (QED) is 0.883. The normalized spacial score (nSPS) is 18.4.